The summed E-state index contributed by atoms with van der Waals surface area (Å²) in [7, 11) is 5.89. The summed E-state index contributed by atoms with van der Waals surface area (Å²) >= 11 is 0. The van der Waals surface area contributed by atoms with Gasteiger partial charge in [-0.3, -0.25) is 9.69 Å². The monoisotopic (exact) mass is 510 g/mol. The lowest BCUT2D eigenvalue weighted by Gasteiger charge is -2.29. The summed E-state index contributed by atoms with van der Waals surface area (Å²) in [4.78, 5) is 24.4. The van der Waals surface area contributed by atoms with Crippen LogP contribution in [0.2, 0.25) is 0 Å². The Bertz CT molecular complexity index is 942. The van der Waals surface area contributed by atoms with E-state index in [1.54, 1.807) is 19.6 Å². The average Bonchev–Trinajstić information content (AvgIpc) is 3.55. The largest absolute Gasteiger partial charge is 0.496 e. The van der Waals surface area contributed by atoms with Crippen molar-refractivity contribution >= 4 is 5.91 Å². The van der Waals surface area contributed by atoms with Crippen LogP contribution in [0.1, 0.15) is 62.0 Å². The van der Waals surface area contributed by atoms with E-state index in [1.165, 1.54) is 5.56 Å². The minimum Gasteiger partial charge on any atom is -0.496 e. The number of amides is 1. The summed E-state index contributed by atoms with van der Waals surface area (Å²) in [6, 6.07) is 6.82. The van der Waals surface area contributed by atoms with E-state index < -0.39 is 0 Å². The second-order valence-electron chi connectivity index (χ2n) is 10.1. The molecule has 7 nitrogen and oxygen atoms in total. The molecule has 0 bridgehead atoms. The number of carbonyl (C=O) groups is 1. The van der Waals surface area contributed by atoms with E-state index in [0.29, 0.717) is 18.5 Å². The van der Waals surface area contributed by atoms with Crippen molar-refractivity contribution in [2.24, 2.45) is 0 Å². The fourth-order valence-electron chi connectivity index (χ4n) is 5.10. The fourth-order valence-corrected chi connectivity index (χ4v) is 5.10. The SMILES string of the molecule is C#C.CCCCN(CCCN(C)C)C(=O)CN1CC(c2ccc(OC)c(C)c2)CC1CCc1ncco1. The summed E-state index contributed by atoms with van der Waals surface area (Å²) < 4.78 is 10.9. The highest BCUT2D eigenvalue weighted by atomic mass is 16.5. The number of nitrogens with zero attached hydrogens (tertiary/aromatic N) is 4. The van der Waals surface area contributed by atoms with Crippen LogP contribution in [0, 0.1) is 19.8 Å². The molecule has 2 aromatic rings. The van der Waals surface area contributed by atoms with E-state index in [2.05, 4.69) is 78.7 Å². The Balaban J connectivity index is 0.00000235. The quantitative estimate of drug-likeness (QED) is 0.346. The molecule has 3 rings (SSSR count). The van der Waals surface area contributed by atoms with Crippen molar-refractivity contribution in [1.29, 1.82) is 0 Å². The van der Waals surface area contributed by atoms with Crippen LogP contribution in [0.3, 0.4) is 0 Å². The van der Waals surface area contributed by atoms with Crippen molar-refractivity contribution in [3.8, 4) is 18.6 Å². The van der Waals surface area contributed by atoms with Gasteiger partial charge in [0.2, 0.25) is 5.91 Å². The number of rotatable bonds is 14. The summed E-state index contributed by atoms with van der Waals surface area (Å²) in [6.07, 6.45) is 17.3. The first-order chi connectivity index (χ1) is 17.9. The predicted molar refractivity (Wildman–Crippen MR) is 150 cm³/mol. The molecule has 1 saturated heterocycles. The van der Waals surface area contributed by atoms with Crippen molar-refractivity contribution in [2.75, 3.05) is 53.9 Å². The van der Waals surface area contributed by atoms with Crippen LogP contribution in [0.25, 0.3) is 0 Å². The summed E-state index contributed by atoms with van der Waals surface area (Å²) in [5, 5.41) is 0. The molecular weight excluding hydrogens is 464 g/mol. The first-order valence-corrected chi connectivity index (χ1v) is 13.4. The third-order valence-electron chi connectivity index (χ3n) is 7.10. The second-order valence-corrected chi connectivity index (χ2v) is 10.1. The van der Waals surface area contributed by atoms with Crippen LogP contribution in [0.5, 0.6) is 5.75 Å². The molecule has 0 saturated carbocycles. The van der Waals surface area contributed by atoms with E-state index in [-0.39, 0.29) is 5.91 Å². The number of ether oxygens (including phenoxy) is 1. The highest BCUT2D eigenvalue weighted by molar-refractivity contribution is 5.78. The molecule has 0 radical (unpaired) electrons. The first kappa shape index (κ1) is 30.4. The number of aryl methyl sites for hydroxylation is 2. The molecule has 2 unspecified atom stereocenters. The number of aromatic nitrogens is 1. The van der Waals surface area contributed by atoms with Crippen molar-refractivity contribution in [3.05, 3.63) is 47.7 Å². The normalized spacial score (nSPS) is 17.4. The standard InChI is InChI=1S/C28H44N4O3.C2H2/c1-6-7-15-31(16-8-14-30(3)4)28(33)21-32-20-24(23-9-11-26(34-5)22(2)18-23)19-25(32)10-12-27-29-13-17-35-27;1-2/h9,11,13,17-18,24-25H,6-8,10,12,14-16,19-21H2,1-5H3;1-2H. The van der Waals surface area contributed by atoms with Crippen LogP contribution in [0.4, 0.5) is 0 Å². The molecular formula is C30H46N4O3. The number of benzene rings is 1. The molecule has 1 aliphatic rings. The van der Waals surface area contributed by atoms with Gasteiger partial charge in [0.25, 0.3) is 0 Å². The summed E-state index contributed by atoms with van der Waals surface area (Å²) in [5.74, 6) is 2.35. The van der Waals surface area contributed by atoms with Gasteiger partial charge in [-0.05, 0) is 76.4 Å². The molecule has 1 fully saturated rings. The molecule has 204 valence electrons. The zero-order valence-electron chi connectivity index (χ0n) is 23.5. The number of unbranched alkanes of at least 4 members (excludes halogenated alkanes) is 1. The van der Waals surface area contributed by atoms with E-state index in [1.807, 2.05) is 0 Å². The van der Waals surface area contributed by atoms with Crippen LogP contribution >= 0.6 is 0 Å². The molecule has 1 aliphatic heterocycles. The lowest BCUT2D eigenvalue weighted by atomic mass is 9.93. The lowest BCUT2D eigenvalue weighted by Crippen LogP contribution is -2.43. The van der Waals surface area contributed by atoms with Gasteiger partial charge in [0.15, 0.2) is 5.89 Å². The Morgan fingerprint density at radius 3 is 2.59 bits per heavy atom. The average molecular weight is 511 g/mol. The molecule has 0 N–H and O–H groups in total. The van der Waals surface area contributed by atoms with Gasteiger partial charge in [-0.1, -0.05) is 25.5 Å². The van der Waals surface area contributed by atoms with Gasteiger partial charge in [-0.2, -0.15) is 0 Å². The van der Waals surface area contributed by atoms with Crippen molar-refractivity contribution in [3.63, 3.8) is 0 Å². The van der Waals surface area contributed by atoms with E-state index in [9.17, 15) is 4.79 Å². The maximum Gasteiger partial charge on any atom is 0.236 e. The molecule has 1 aromatic carbocycles. The van der Waals surface area contributed by atoms with E-state index in [0.717, 1.165) is 81.9 Å². The van der Waals surface area contributed by atoms with Crippen LogP contribution in [-0.4, -0.2) is 85.6 Å². The Morgan fingerprint density at radius 2 is 1.97 bits per heavy atom. The highest BCUT2D eigenvalue weighted by Gasteiger charge is 2.35. The second kappa shape index (κ2) is 16.1. The van der Waals surface area contributed by atoms with Crippen molar-refractivity contribution in [2.45, 2.75) is 64.3 Å². The number of carbonyl (C=O) groups excluding carboxylic acids is 1. The van der Waals surface area contributed by atoms with Crippen LogP contribution < -0.4 is 4.74 Å². The first-order valence-electron chi connectivity index (χ1n) is 13.4. The molecule has 0 spiro atoms. The van der Waals surface area contributed by atoms with Crippen LogP contribution in [0.15, 0.2) is 35.1 Å². The van der Waals surface area contributed by atoms with Gasteiger partial charge in [-0.15, -0.1) is 12.8 Å². The van der Waals surface area contributed by atoms with Crippen LogP contribution in [-0.2, 0) is 11.2 Å². The topological polar surface area (TPSA) is 62.0 Å². The highest BCUT2D eigenvalue weighted by Crippen LogP contribution is 2.35. The van der Waals surface area contributed by atoms with E-state index in [4.69, 9.17) is 9.15 Å². The number of terminal acetylenes is 1. The lowest BCUT2D eigenvalue weighted by molar-refractivity contribution is -0.132. The molecule has 1 aromatic heterocycles. The predicted octanol–water partition coefficient (Wildman–Crippen LogP) is 4.61. The van der Waals surface area contributed by atoms with Gasteiger partial charge in [-0.25, -0.2) is 4.98 Å². The molecule has 37 heavy (non-hydrogen) atoms. The number of likely N-dealkylation sites (tertiary alicyclic amines) is 1. The molecule has 7 heteroatoms. The minimum atomic E-state index is 0.255. The van der Waals surface area contributed by atoms with Gasteiger partial charge in [0, 0.05) is 32.1 Å². The van der Waals surface area contributed by atoms with Gasteiger partial charge >= 0.3 is 0 Å². The van der Waals surface area contributed by atoms with Gasteiger partial charge < -0.3 is 19.0 Å². The van der Waals surface area contributed by atoms with Crippen molar-refractivity contribution in [1.82, 2.24) is 19.7 Å². The molecule has 2 atom stereocenters. The number of oxazole rings is 1. The summed E-state index contributed by atoms with van der Waals surface area (Å²) in [5.41, 5.74) is 2.48. The third-order valence-corrected chi connectivity index (χ3v) is 7.10. The number of hydrogen-bond acceptors (Lipinski definition) is 6. The van der Waals surface area contributed by atoms with Gasteiger partial charge in [0.05, 0.1) is 19.9 Å². The summed E-state index contributed by atoms with van der Waals surface area (Å²) in [6.45, 7) is 8.32. The van der Waals surface area contributed by atoms with Crippen molar-refractivity contribution < 1.29 is 13.9 Å². The van der Waals surface area contributed by atoms with E-state index >= 15 is 0 Å². The minimum absolute atomic E-state index is 0.255. The Labute approximate surface area is 224 Å². The number of methoxy groups -OCH3 is 1. The Morgan fingerprint density at radius 1 is 1.22 bits per heavy atom. The third kappa shape index (κ3) is 9.53. The zero-order chi connectivity index (χ0) is 27.2. The Hall–Kier alpha value is -2.82. The molecule has 1 amide bonds. The maximum absolute atomic E-state index is 13.5. The molecule has 2 heterocycles. The molecule has 0 aliphatic carbocycles. The maximum atomic E-state index is 13.5. The number of hydrogen-bond donors (Lipinski definition) is 0. The fraction of sp³-hybridized carbons (Fsp3) is 0.600. The van der Waals surface area contributed by atoms with Gasteiger partial charge in [0.1, 0.15) is 12.0 Å². The smallest absolute Gasteiger partial charge is 0.236 e. The zero-order valence-corrected chi connectivity index (χ0v) is 23.5. The Kier molecular flexibility index (Phi) is 13.2.